The molecule has 2 heterocycles. The highest BCUT2D eigenvalue weighted by molar-refractivity contribution is 9.10. The van der Waals surface area contributed by atoms with Crippen molar-refractivity contribution in [1.29, 1.82) is 0 Å². The van der Waals surface area contributed by atoms with Crippen molar-refractivity contribution in [1.82, 2.24) is 14.5 Å². The van der Waals surface area contributed by atoms with E-state index in [-0.39, 0.29) is 0 Å². The zero-order chi connectivity index (χ0) is 16.5. The van der Waals surface area contributed by atoms with Gasteiger partial charge in [0.25, 0.3) is 0 Å². The van der Waals surface area contributed by atoms with Gasteiger partial charge in [-0.2, -0.15) is 0 Å². The number of fused-ring (bicyclic) bond motifs is 1. The van der Waals surface area contributed by atoms with Crippen LogP contribution in [-0.4, -0.2) is 14.5 Å². The summed E-state index contributed by atoms with van der Waals surface area (Å²) in [6, 6.07) is 18.2. The van der Waals surface area contributed by atoms with Crippen LogP contribution in [0, 0.1) is 0 Å². The van der Waals surface area contributed by atoms with E-state index in [1.54, 1.807) is 0 Å². The third-order valence-electron chi connectivity index (χ3n) is 3.79. The smallest absolute Gasteiger partial charge is 0.160 e. The molecule has 3 nitrogen and oxygen atoms in total. The molecule has 2 aliphatic heterocycles. The number of aromatic nitrogens is 3. The molecule has 0 bridgehead atoms. The summed E-state index contributed by atoms with van der Waals surface area (Å²) in [6.07, 6.45) is 3.89. The summed E-state index contributed by atoms with van der Waals surface area (Å²) in [7, 11) is 0. The number of halogens is 2. The normalized spacial score (nSPS) is 11.1. The average Bonchev–Trinajstić information content (AvgIpc) is 3.03. The molecule has 2 aromatic carbocycles. The average molecular weight is 399 g/mol. The van der Waals surface area contributed by atoms with E-state index in [9.17, 15) is 0 Å². The van der Waals surface area contributed by atoms with Crippen molar-refractivity contribution in [2.45, 2.75) is 6.54 Å². The largest absolute Gasteiger partial charge is 0.346 e. The lowest BCUT2D eigenvalue weighted by atomic mass is 10.2. The van der Waals surface area contributed by atoms with Gasteiger partial charge in [0.2, 0.25) is 0 Å². The first-order valence-corrected chi connectivity index (χ1v) is 8.69. The third kappa shape index (κ3) is 3.07. The first-order chi connectivity index (χ1) is 11.7. The molecule has 4 rings (SSSR count). The molecule has 0 radical (unpaired) electrons. The number of benzene rings is 2. The Kier molecular flexibility index (Phi) is 4.08. The molecule has 0 N–H and O–H groups in total. The van der Waals surface area contributed by atoms with Crippen molar-refractivity contribution in [2.24, 2.45) is 0 Å². The molecule has 2 aromatic rings. The van der Waals surface area contributed by atoms with Gasteiger partial charge in [0.05, 0.1) is 5.02 Å². The Bertz CT molecular complexity index is 948. The highest BCUT2D eigenvalue weighted by Gasteiger charge is 2.16. The van der Waals surface area contributed by atoms with Gasteiger partial charge in [0.1, 0.15) is 11.4 Å². The highest BCUT2D eigenvalue weighted by atomic mass is 79.9. The van der Waals surface area contributed by atoms with Crippen LogP contribution >= 0.6 is 27.5 Å². The van der Waals surface area contributed by atoms with E-state index >= 15 is 0 Å². The molecule has 0 spiro atoms. The Hall–Kier alpha value is -2.17. The summed E-state index contributed by atoms with van der Waals surface area (Å²) in [5.41, 5.74) is 3.73. The van der Waals surface area contributed by atoms with E-state index in [0.717, 1.165) is 28.0 Å². The van der Waals surface area contributed by atoms with E-state index in [4.69, 9.17) is 11.6 Å². The van der Waals surface area contributed by atoms with Crippen LogP contribution in [0.1, 0.15) is 5.56 Å². The Morgan fingerprint density at radius 3 is 2.42 bits per heavy atom. The third-order valence-corrected chi connectivity index (χ3v) is 4.60. The molecular weight excluding hydrogens is 386 g/mol. The van der Waals surface area contributed by atoms with E-state index < -0.39 is 0 Å². The molecule has 0 unspecified atom stereocenters. The highest BCUT2D eigenvalue weighted by Crippen LogP contribution is 2.30. The number of rotatable bonds is 3. The summed E-state index contributed by atoms with van der Waals surface area (Å²) in [5, 5.41) is 0.610. The topological polar surface area (TPSA) is 30.7 Å². The van der Waals surface area contributed by atoms with Crippen molar-refractivity contribution >= 4 is 27.5 Å². The van der Waals surface area contributed by atoms with Gasteiger partial charge in [-0.05, 0) is 17.7 Å². The van der Waals surface area contributed by atoms with Crippen LogP contribution in [0.3, 0.4) is 0 Å². The van der Waals surface area contributed by atoms with Gasteiger partial charge in [-0.3, -0.25) is 0 Å². The van der Waals surface area contributed by atoms with Crippen LogP contribution in [0.5, 0.6) is 0 Å². The minimum Gasteiger partial charge on any atom is -0.346 e. The van der Waals surface area contributed by atoms with Crippen LogP contribution < -0.4 is 0 Å². The molecule has 0 aliphatic carbocycles. The summed E-state index contributed by atoms with van der Waals surface area (Å²) in [6.45, 7) is 0.733. The van der Waals surface area contributed by atoms with Crippen molar-refractivity contribution < 1.29 is 0 Å². The second-order valence-electron chi connectivity index (χ2n) is 5.55. The quantitative estimate of drug-likeness (QED) is 0.455. The van der Waals surface area contributed by atoms with Crippen LogP contribution in [0.4, 0.5) is 0 Å². The fraction of sp³-hybridized carbons (Fsp3) is 0.0526. The van der Waals surface area contributed by atoms with E-state index in [2.05, 4.69) is 38.0 Å². The molecule has 5 heteroatoms. The Morgan fingerprint density at radius 2 is 1.67 bits per heavy atom. The van der Waals surface area contributed by atoms with Gasteiger partial charge < -0.3 is 4.57 Å². The molecular formula is C19H13BrClN3. The van der Waals surface area contributed by atoms with Gasteiger partial charge >= 0.3 is 0 Å². The fourth-order valence-electron chi connectivity index (χ4n) is 2.63. The zero-order valence-corrected chi connectivity index (χ0v) is 15.0. The monoisotopic (exact) mass is 397 g/mol. The van der Waals surface area contributed by atoms with Gasteiger partial charge in [-0.1, -0.05) is 70.0 Å². The second-order valence-corrected chi connectivity index (χ2v) is 6.87. The molecule has 118 valence electrons. The SMILES string of the molecule is Clc1cn(Cc2ccc(Br)cc2)cc2nc(-c3ccccc3)nc1-2. The van der Waals surface area contributed by atoms with Crippen molar-refractivity contribution in [3.05, 3.63) is 82.0 Å². The first-order valence-electron chi connectivity index (χ1n) is 7.52. The molecule has 0 saturated heterocycles. The predicted molar refractivity (Wildman–Crippen MR) is 100 cm³/mol. The van der Waals surface area contributed by atoms with Crippen molar-refractivity contribution in [3.63, 3.8) is 0 Å². The lowest BCUT2D eigenvalue weighted by molar-refractivity contribution is 0.789. The summed E-state index contributed by atoms with van der Waals surface area (Å²) in [4.78, 5) is 9.22. The maximum absolute atomic E-state index is 6.42. The molecule has 0 atom stereocenters. The Labute approximate surface area is 153 Å². The fourth-order valence-corrected chi connectivity index (χ4v) is 3.16. The number of nitrogens with zero attached hydrogens (tertiary/aromatic N) is 3. The molecule has 0 saturated carbocycles. The Balaban J connectivity index is 1.72. The number of hydrogen-bond acceptors (Lipinski definition) is 2. The van der Waals surface area contributed by atoms with Crippen LogP contribution in [0.15, 0.2) is 71.5 Å². The molecule has 0 amide bonds. The molecule has 2 aliphatic rings. The summed E-state index contributed by atoms with van der Waals surface area (Å²) in [5.74, 6) is 0.703. The van der Waals surface area contributed by atoms with E-state index in [0.29, 0.717) is 10.8 Å². The van der Waals surface area contributed by atoms with E-state index in [1.807, 2.05) is 59.4 Å². The van der Waals surface area contributed by atoms with Crippen molar-refractivity contribution in [2.75, 3.05) is 0 Å². The van der Waals surface area contributed by atoms with Crippen LogP contribution in [0.25, 0.3) is 22.8 Å². The van der Waals surface area contributed by atoms with Crippen LogP contribution in [-0.2, 0) is 6.54 Å². The van der Waals surface area contributed by atoms with Gasteiger partial charge in [0.15, 0.2) is 5.82 Å². The van der Waals surface area contributed by atoms with Gasteiger partial charge in [-0.25, -0.2) is 9.97 Å². The lowest BCUT2D eigenvalue weighted by Gasteiger charge is -2.09. The first kappa shape index (κ1) is 15.4. The molecule has 0 fully saturated rings. The van der Waals surface area contributed by atoms with Gasteiger partial charge in [0, 0.05) is 29.0 Å². The summed E-state index contributed by atoms with van der Waals surface area (Å²) < 4.78 is 3.11. The second kappa shape index (κ2) is 6.38. The van der Waals surface area contributed by atoms with Crippen molar-refractivity contribution in [3.8, 4) is 22.8 Å². The maximum Gasteiger partial charge on any atom is 0.160 e. The number of hydrogen-bond donors (Lipinski definition) is 0. The van der Waals surface area contributed by atoms with E-state index in [1.165, 1.54) is 5.56 Å². The maximum atomic E-state index is 6.42. The number of imidazole rings is 1. The summed E-state index contributed by atoms with van der Waals surface area (Å²) >= 11 is 9.88. The molecule has 24 heavy (non-hydrogen) atoms. The number of pyridine rings is 1. The molecule has 0 aromatic heterocycles. The van der Waals surface area contributed by atoms with Crippen LogP contribution in [0.2, 0.25) is 5.02 Å². The minimum atomic E-state index is 0.610. The predicted octanol–water partition coefficient (Wildman–Crippen LogP) is 5.51. The van der Waals surface area contributed by atoms with Gasteiger partial charge in [-0.15, -0.1) is 0 Å². The standard InChI is InChI=1S/C19H13BrClN3/c20-15-8-6-13(7-9-15)10-24-11-16(21)18-17(12-24)22-19(23-18)14-4-2-1-3-5-14/h1-9,11-12H,10H2. The minimum absolute atomic E-state index is 0.610. The lowest BCUT2D eigenvalue weighted by Crippen LogP contribution is -2.01. The Morgan fingerprint density at radius 1 is 0.917 bits per heavy atom. The zero-order valence-electron chi connectivity index (χ0n) is 12.7.